The third-order valence-corrected chi connectivity index (χ3v) is 6.69. The van der Waals surface area contributed by atoms with Gasteiger partial charge < -0.3 is 10.4 Å². The standard InChI is InChI=1S/C27H31NO5/c1-3-17(2)22(15-20(29)13-18-9-5-4-6-10-18)26(31)28-16-24(30)25-21-12-8-7-11-19(21)14-23(25)27(32)33/h4-12,17,22-23,25H,3,13-16H2,1-2H3,(H,28,31)(H,32,33)/t17-,22-,23+,25?/m0/s1. The first-order valence-electron chi connectivity index (χ1n) is 11.5. The Labute approximate surface area is 194 Å². The quantitative estimate of drug-likeness (QED) is 0.546. The number of carboxylic acid groups (broad SMARTS) is 1. The molecule has 1 aliphatic carbocycles. The van der Waals surface area contributed by atoms with Gasteiger partial charge in [0.25, 0.3) is 0 Å². The van der Waals surface area contributed by atoms with E-state index in [0.29, 0.717) is 6.42 Å². The van der Waals surface area contributed by atoms with E-state index in [1.54, 1.807) is 12.1 Å². The van der Waals surface area contributed by atoms with Crippen LogP contribution >= 0.6 is 0 Å². The molecule has 0 saturated carbocycles. The van der Waals surface area contributed by atoms with Gasteiger partial charge in [-0.15, -0.1) is 0 Å². The van der Waals surface area contributed by atoms with Crippen LogP contribution in [0.1, 0.15) is 49.3 Å². The fourth-order valence-corrected chi connectivity index (χ4v) is 4.62. The number of rotatable bonds is 11. The highest BCUT2D eigenvalue weighted by Crippen LogP contribution is 2.38. The van der Waals surface area contributed by atoms with Crippen molar-refractivity contribution in [3.8, 4) is 0 Å². The number of carboxylic acids is 1. The number of hydrogen-bond acceptors (Lipinski definition) is 4. The second-order valence-electron chi connectivity index (χ2n) is 8.91. The van der Waals surface area contributed by atoms with E-state index in [2.05, 4.69) is 5.32 Å². The Hall–Kier alpha value is -3.28. The molecular formula is C27H31NO5. The molecule has 1 amide bonds. The molecule has 2 N–H and O–H groups in total. The van der Waals surface area contributed by atoms with Crippen molar-refractivity contribution >= 4 is 23.4 Å². The highest BCUT2D eigenvalue weighted by Gasteiger charge is 2.41. The van der Waals surface area contributed by atoms with Gasteiger partial charge in [-0.25, -0.2) is 0 Å². The molecule has 0 aliphatic heterocycles. The Balaban J connectivity index is 1.65. The number of ketones is 2. The van der Waals surface area contributed by atoms with Gasteiger partial charge in [-0.3, -0.25) is 19.2 Å². The van der Waals surface area contributed by atoms with E-state index in [4.69, 9.17) is 0 Å². The zero-order chi connectivity index (χ0) is 24.0. The topological polar surface area (TPSA) is 101 Å². The Bertz CT molecular complexity index is 1020. The van der Waals surface area contributed by atoms with Crippen LogP contribution in [-0.2, 0) is 32.0 Å². The highest BCUT2D eigenvalue weighted by molar-refractivity contribution is 5.96. The van der Waals surface area contributed by atoms with E-state index in [0.717, 1.165) is 23.1 Å². The maximum Gasteiger partial charge on any atom is 0.307 e. The maximum atomic E-state index is 13.0. The number of fused-ring (bicyclic) bond motifs is 1. The van der Waals surface area contributed by atoms with Crippen LogP contribution in [0.25, 0.3) is 0 Å². The summed E-state index contributed by atoms with van der Waals surface area (Å²) in [5, 5.41) is 12.3. The zero-order valence-corrected chi connectivity index (χ0v) is 19.1. The van der Waals surface area contributed by atoms with Crippen molar-refractivity contribution in [3.05, 3.63) is 71.3 Å². The van der Waals surface area contributed by atoms with Gasteiger partial charge in [0.1, 0.15) is 5.78 Å². The molecule has 33 heavy (non-hydrogen) atoms. The second-order valence-corrected chi connectivity index (χ2v) is 8.91. The molecule has 0 heterocycles. The summed E-state index contributed by atoms with van der Waals surface area (Å²) in [7, 11) is 0. The molecule has 0 radical (unpaired) electrons. The third kappa shape index (κ3) is 5.95. The zero-order valence-electron chi connectivity index (χ0n) is 19.1. The molecule has 174 valence electrons. The summed E-state index contributed by atoms with van der Waals surface area (Å²) >= 11 is 0. The molecule has 0 saturated heterocycles. The maximum absolute atomic E-state index is 13.0. The molecule has 1 unspecified atom stereocenters. The van der Waals surface area contributed by atoms with E-state index in [9.17, 15) is 24.3 Å². The Morgan fingerprint density at radius 3 is 2.36 bits per heavy atom. The lowest BCUT2D eigenvalue weighted by molar-refractivity contribution is -0.144. The number of hydrogen-bond donors (Lipinski definition) is 2. The van der Waals surface area contributed by atoms with Gasteiger partial charge in [-0.2, -0.15) is 0 Å². The molecular weight excluding hydrogens is 418 g/mol. The van der Waals surface area contributed by atoms with Crippen molar-refractivity contribution in [1.82, 2.24) is 5.32 Å². The van der Waals surface area contributed by atoms with E-state index in [1.807, 2.05) is 56.3 Å². The largest absolute Gasteiger partial charge is 0.481 e. The first kappa shape index (κ1) is 24.4. The van der Waals surface area contributed by atoms with Crippen molar-refractivity contribution in [2.24, 2.45) is 17.8 Å². The number of carbonyl (C=O) groups excluding carboxylic acids is 3. The predicted octanol–water partition coefficient (Wildman–Crippen LogP) is 3.58. The fraction of sp³-hybridized carbons (Fsp3) is 0.407. The Morgan fingerprint density at radius 1 is 1.03 bits per heavy atom. The van der Waals surface area contributed by atoms with E-state index < -0.39 is 23.7 Å². The van der Waals surface area contributed by atoms with Crippen molar-refractivity contribution in [2.75, 3.05) is 6.54 Å². The number of aliphatic carboxylic acids is 1. The summed E-state index contributed by atoms with van der Waals surface area (Å²) in [5.41, 5.74) is 2.49. The lowest BCUT2D eigenvalue weighted by Gasteiger charge is -2.22. The molecule has 0 spiro atoms. The molecule has 0 aromatic heterocycles. The third-order valence-electron chi connectivity index (χ3n) is 6.69. The van der Waals surface area contributed by atoms with Crippen LogP contribution in [0.2, 0.25) is 0 Å². The minimum absolute atomic E-state index is 0.0244. The van der Waals surface area contributed by atoms with Gasteiger partial charge in [0.05, 0.1) is 18.4 Å². The van der Waals surface area contributed by atoms with E-state index >= 15 is 0 Å². The van der Waals surface area contributed by atoms with Crippen molar-refractivity contribution in [3.63, 3.8) is 0 Å². The van der Waals surface area contributed by atoms with Crippen LogP contribution in [0.4, 0.5) is 0 Å². The summed E-state index contributed by atoms with van der Waals surface area (Å²) in [6, 6.07) is 16.6. The van der Waals surface area contributed by atoms with Crippen LogP contribution < -0.4 is 5.32 Å². The molecule has 3 rings (SSSR count). The molecule has 2 aromatic rings. The van der Waals surface area contributed by atoms with Crippen LogP contribution in [0.5, 0.6) is 0 Å². The Morgan fingerprint density at radius 2 is 1.70 bits per heavy atom. The summed E-state index contributed by atoms with van der Waals surface area (Å²) in [6.45, 7) is 3.64. The van der Waals surface area contributed by atoms with Crippen LogP contribution in [-0.4, -0.2) is 35.1 Å². The van der Waals surface area contributed by atoms with Crippen molar-refractivity contribution in [1.29, 1.82) is 0 Å². The molecule has 2 aromatic carbocycles. The predicted molar refractivity (Wildman–Crippen MR) is 125 cm³/mol. The minimum Gasteiger partial charge on any atom is -0.481 e. The molecule has 0 bridgehead atoms. The van der Waals surface area contributed by atoms with Gasteiger partial charge in [-0.1, -0.05) is 74.9 Å². The molecule has 0 fully saturated rings. The smallest absolute Gasteiger partial charge is 0.307 e. The first-order chi connectivity index (χ1) is 15.8. The van der Waals surface area contributed by atoms with Gasteiger partial charge >= 0.3 is 5.97 Å². The SMILES string of the molecule is CC[C@H](C)[C@H](CC(=O)Cc1ccccc1)C(=O)NCC(=O)C1c2ccccc2C[C@H]1C(=O)O. The number of carbonyl (C=O) groups is 4. The second kappa shape index (κ2) is 11.0. The van der Waals surface area contributed by atoms with Crippen molar-refractivity contribution in [2.45, 2.75) is 45.4 Å². The summed E-state index contributed by atoms with van der Waals surface area (Å²) in [5.74, 6) is -3.87. The molecule has 6 nitrogen and oxygen atoms in total. The summed E-state index contributed by atoms with van der Waals surface area (Å²) < 4.78 is 0. The molecule has 4 atom stereocenters. The van der Waals surface area contributed by atoms with Crippen molar-refractivity contribution < 1.29 is 24.3 Å². The first-order valence-corrected chi connectivity index (χ1v) is 11.5. The van der Waals surface area contributed by atoms with Crippen LogP contribution in [0.15, 0.2) is 54.6 Å². The fourth-order valence-electron chi connectivity index (χ4n) is 4.62. The van der Waals surface area contributed by atoms with Gasteiger partial charge in [0.15, 0.2) is 5.78 Å². The summed E-state index contributed by atoms with van der Waals surface area (Å²) in [6.07, 6.45) is 1.40. The van der Waals surface area contributed by atoms with Crippen LogP contribution in [0, 0.1) is 17.8 Å². The Kier molecular flexibility index (Phi) is 8.15. The monoisotopic (exact) mass is 449 g/mol. The molecule has 6 heteroatoms. The van der Waals surface area contributed by atoms with Gasteiger partial charge in [0, 0.05) is 18.8 Å². The van der Waals surface area contributed by atoms with E-state index in [1.165, 1.54) is 0 Å². The van der Waals surface area contributed by atoms with E-state index in [-0.39, 0.29) is 42.8 Å². The van der Waals surface area contributed by atoms with Crippen LogP contribution in [0.3, 0.4) is 0 Å². The number of Topliss-reactive ketones (excluding diaryl/α,β-unsaturated/α-hetero) is 2. The number of benzene rings is 2. The normalized spacial score (nSPS) is 18.7. The lowest BCUT2D eigenvalue weighted by atomic mass is 9.85. The lowest BCUT2D eigenvalue weighted by Crippen LogP contribution is -2.40. The highest BCUT2D eigenvalue weighted by atomic mass is 16.4. The average Bonchev–Trinajstić information content (AvgIpc) is 3.21. The summed E-state index contributed by atoms with van der Waals surface area (Å²) in [4.78, 5) is 50.4. The van der Waals surface area contributed by atoms with Gasteiger partial charge in [0.2, 0.25) is 5.91 Å². The molecule has 1 aliphatic rings. The number of nitrogens with one attached hydrogen (secondary N) is 1. The number of amides is 1. The van der Waals surface area contributed by atoms with Gasteiger partial charge in [-0.05, 0) is 29.0 Å². The minimum atomic E-state index is -1.01. The average molecular weight is 450 g/mol.